The van der Waals surface area contributed by atoms with Crippen LogP contribution in [0.4, 0.5) is 13.2 Å². The zero-order chi connectivity index (χ0) is 15.6. The quantitative estimate of drug-likeness (QED) is 0.485. The summed E-state index contributed by atoms with van der Waals surface area (Å²) in [5.41, 5.74) is 0.565. The first-order chi connectivity index (χ1) is 9.80. The lowest BCUT2D eigenvalue weighted by Crippen LogP contribution is -2.51. The summed E-state index contributed by atoms with van der Waals surface area (Å²) in [6.07, 6.45) is -4.78. The van der Waals surface area contributed by atoms with Gasteiger partial charge in [0, 0.05) is 4.92 Å². The highest BCUT2D eigenvalue weighted by Gasteiger charge is 2.52. The van der Waals surface area contributed by atoms with Gasteiger partial charge in [-0.05, 0) is 17.8 Å². The molecular weight excluding hydrogens is 309 g/mol. The van der Waals surface area contributed by atoms with Crippen LogP contribution in [-0.2, 0) is 4.74 Å². The van der Waals surface area contributed by atoms with Crippen molar-refractivity contribution in [2.24, 2.45) is 0 Å². The van der Waals surface area contributed by atoms with Crippen LogP contribution in [0, 0.1) is 10.1 Å². The molecule has 5 nitrogen and oxygen atoms in total. The van der Waals surface area contributed by atoms with Crippen molar-refractivity contribution in [3.05, 3.63) is 46.0 Å². The molecule has 0 aliphatic carbocycles. The molecule has 1 heterocycles. The summed E-state index contributed by atoms with van der Waals surface area (Å²) in [5.74, 6) is 0. The van der Waals surface area contributed by atoms with Gasteiger partial charge in [0.25, 0.3) is 5.17 Å². The van der Waals surface area contributed by atoms with Crippen LogP contribution in [0.5, 0.6) is 0 Å². The third kappa shape index (κ3) is 3.41. The van der Waals surface area contributed by atoms with Gasteiger partial charge in [-0.25, -0.2) is 0 Å². The molecule has 21 heavy (non-hydrogen) atoms. The fraction of sp³-hybridized carbons (Fsp3) is 0.417. The van der Waals surface area contributed by atoms with Crippen LogP contribution >= 0.6 is 12.2 Å². The third-order valence-corrected chi connectivity index (χ3v) is 3.46. The SMILES string of the molecule is O=[N+]([O-])CC(N1C(=S)OC[C@H]1c1ccccc1)C(F)(F)F. The van der Waals surface area contributed by atoms with E-state index in [1.807, 2.05) is 0 Å². The number of hydrogen-bond donors (Lipinski definition) is 0. The maximum Gasteiger partial charge on any atom is 0.415 e. The Hall–Kier alpha value is -1.90. The van der Waals surface area contributed by atoms with E-state index in [1.54, 1.807) is 30.3 Å². The van der Waals surface area contributed by atoms with Crippen molar-refractivity contribution in [2.75, 3.05) is 13.2 Å². The van der Waals surface area contributed by atoms with Gasteiger partial charge in [0.1, 0.15) is 6.61 Å². The number of hydrogen-bond acceptors (Lipinski definition) is 4. The lowest BCUT2D eigenvalue weighted by Gasteiger charge is -2.31. The summed E-state index contributed by atoms with van der Waals surface area (Å²) in [4.78, 5) is 10.3. The van der Waals surface area contributed by atoms with Crippen molar-refractivity contribution >= 4 is 17.4 Å². The number of benzene rings is 1. The van der Waals surface area contributed by atoms with E-state index >= 15 is 0 Å². The van der Waals surface area contributed by atoms with E-state index in [9.17, 15) is 23.3 Å². The van der Waals surface area contributed by atoms with E-state index in [4.69, 9.17) is 17.0 Å². The zero-order valence-electron chi connectivity index (χ0n) is 10.6. The molecule has 1 aliphatic heterocycles. The van der Waals surface area contributed by atoms with Crippen molar-refractivity contribution < 1.29 is 22.8 Å². The summed E-state index contributed by atoms with van der Waals surface area (Å²) in [6.45, 7) is -1.34. The second-order valence-corrected chi connectivity index (χ2v) is 4.83. The van der Waals surface area contributed by atoms with Gasteiger partial charge >= 0.3 is 6.18 Å². The lowest BCUT2D eigenvalue weighted by molar-refractivity contribution is -0.494. The summed E-state index contributed by atoms with van der Waals surface area (Å²) < 4.78 is 44.4. The summed E-state index contributed by atoms with van der Waals surface area (Å²) in [7, 11) is 0. The predicted molar refractivity (Wildman–Crippen MR) is 71.3 cm³/mol. The molecule has 1 aromatic rings. The van der Waals surface area contributed by atoms with Crippen LogP contribution in [0.2, 0.25) is 0 Å². The largest absolute Gasteiger partial charge is 0.468 e. The van der Waals surface area contributed by atoms with Gasteiger partial charge in [0.15, 0.2) is 6.04 Å². The molecule has 0 N–H and O–H groups in total. The number of nitro groups is 1. The maximum absolute atomic E-state index is 13.1. The molecule has 1 fully saturated rings. The average molecular weight is 320 g/mol. The number of nitrogens with zero attached hydrogens (tertiary/aromatic N) is 2. The highest BCUT2D eigenvalue weighted by atomic mass is 32.1. The van der Waals surface area contributed by atoms with Crippen LogP contribution in [0.15, 0.2) is 30.3 Å². The van der Waals surface area contributed by atoms with Crippen molar-refractivity contribution in [1.29, 1.82) is 0 Å². The first-order valence-electron chi connectivity index (χ1n) is 5.99. The van der Waals surface area contributed by atoms with E-state index in [1.165, 1.54) is 0 Å². The van der Waals surface area contributed by atoms with Gasteiger partial charge in [-0.2, -0.15) is 13.2 Å². The fourth-order valence-corrected chi connectivity index (χ4v) is 2.52. The first-order valence-corrected chi connectivity index (χ1v) is 6.40. The molecule has 2 rings (SSSR count). The smallest absolute Gasteiger partial charge is 0.415 e. The van der Waals surface area contributed by atoms with Gasteiger partial charge in [0.05, 0.1) is 6.04 Å². The molecule has 9 heteroatoms. The van der Waals surface area contributed by atoms with Gasteiger partial charge in [0.2, 0.25) is 6.54 Å². The number of thiocarbonyl (C=S) groups is 1. The molecule has 1 aromatic carbocycles. The van der Waals surface area contributed by atoms with Gasteiger partial charge in [-0.1, -0.05) is 30.3 Å². The minimum atomic E-state index is -4.78. The van der Waals surface area contributed by atoms with Crippen LogP contribution < -0.4 is 0 Å². The summed E-state index contributed by atoms with van der Waals surface area (Å²) in [5, 5.41) is 10.2. The van der Waals surface area contributed by atoms with Crippen LogP contribution in [0.1, 0.15) is 11.6 Å². The minimum absolute atomic E-state index is 0.0624. The normalized spacial score (nSPS) is 20.2. The molecule has 1 saturated heterocycles. The number of halogens is 3. The van der Waals surface area contributed by atoms with E-state index in [0.29, 0.717) is 5.56 Å². The molecule has 114 valence electrons. The molecule has 0 radical (unpaired) electrons. The predicted octanol–water partition coefficient (Wildman–Crippen LogP) is 2.55. The molecule has 0 amide bonds. The Bertz CT molecular complexity index is 538. The third-order valence-electron chi connectivity index (χ3n) is 3.13. The Balaban J connectivity index is 2.36. The monoisotopic (exact) mass is 320 g/mol. The van der Waals surface area contributed by atoms with E-state index in [-0.39, 0.29) is 11.8 Å². The maximum atomic E-state index is 13.1. The zero-order valence-corrected chi connectivity index (χ0v) is 11.4. The molecule has 0 spiro atoms. The van der Waals surface area contributed by atoms with Crippen molar-refractivity contribution in [3.63, 3.8) is 0 Å². The number of rotatable bonds is 4. The highest BCUT2D eigenvalue weighted by Crippen LogP contribution is 2.36. The molecule has 1 unspecified atom stereocenters. The van der Waals surface area contributed by atoms with E-state index in [0.717, 1.165) is 4.90 Å². The van der Waals surface area contributed by atoms with Crippen molar-refractivity contribution in [3.8, 4) is 0 Å². The lowest BCUT2D eigenvalue weighted by atomic mass is 10.1. The molecule has 0 saturated carbocycles. The molecule has 0 bridgehead atoms. The van der Waals surface area contributed by atoms with Gasteiger partial charge in [-0.3, -0.25) is 10.1 Å². The second-order valence-electron chi connectivity index (χ2n) is 4.48. The second kappa shape index (κ2) is 5.84. The summed E-state index contributed by atoms with van der Waals surface area (Å²) >= 11 is 4.80. The van der Waals surface area contributed by atoms with Crippen molar-refractivity contribution in [1.82, 2.24) is 4.90 Å². The van der Waals surface area contributed by atoms with Crippen LogP contribution in [-0.4, -0.2) is 40.4 Å². The van der Waals surface area contributed by atoms with Crippen LogP contribution in [0.25, 0.3) is 0 Å². The number of alkyl halides is 3. The van der Waals surface area contributed by atoms with E-state index < -0.39 is 29.7 Å². The average Bonchev–Trinajstić information content (AvgIpc) is 2.77. The topological polar surface area (TPSA) is 55.6 Å². The summed E-state index contributed by atoms with van der Waals surface area (Å²) in [6, 6.07) is 5.23. The fourth-order valence-electron chi connectivity index (χ4n) is 2.20. The Morgan fingerprint density at radius 1 is 1.43 bits per heavy atom. The van der Waals surface area contributed by atoms with Crippen molar-refractivity contribution in [2.45, 2.75) is 18.3 Å². The molecule has 1 aliphatic rings. The molecule has 2 atom stereocenters. The first kappa shape index (κ1) is 15.5. The minimum Gasteiger partial charge on any atom is -0.468 e. The highest BCUT2D eigenvalue weighted by molar-refractivity contribution is 7.80. The molecular formula is C12H11F3N2O3S. The van der Waals surface area contributed by atoms with Gasteiger partial charge in [-0.15, -0.1) is 0 Å². The Labute approximate surface area is 123 Å². The standard InChI is InChI=1S/C12H11F3N2O3S/c13-12(14,15)10(6-16(18)19)17-9(7-20-11(17)21)8-4-2-1-3-5-8/h1-5,9-10H,6-7H2/t9-,10?/m0/s1. The van der Waals surface area contributed by atoms with Gasteiger partial charge < -0.3 is 9.64 Å². The Kier molecular flexibility index (Phi) is 4.31. The van der Waals surface area contributed by atoms with Crippen LogP contribution in [0.3, 0.4) is 0 Å². The van der Waals surface area contributed by atoms with E-state index in [2.05, 4.69) is 0 Å². The molecule has 0 aromatic heterocycles. The Morgan fingerprint density at radius 3 is 2.57 bits per heavy atom. The number of ether oxygens (including phenoxy) is 1. The Morgan fingerprint density at radius 2 is 2.05 bits per heavy atom.